The van der Waals surface area contributed by atoms with E-state index in [1.165, 1.54) is 0 Å². The van der Waals surface area contributed by atoms with Crippen molar-refractivity contribution in [2.24, 2.45) is 0 Å². The van der Waals surface area contributed by atoms with Crippen molar-refractivity contribution in [1.29, 1.82) is 0 Å². The molecule has 26 heavy (non-hydrogen) atoms. The first kappa shape index (κ1) is 17.6. The molecule has 0 unspecified atom stereocenters. The van der Waals surface area contributed by atoms with Crippen LogP contribution in [0, 0.1) is 13.8 Å². The Morgan fingerprint density at radius 2 is 2.08 bits per heavy atom. The van der Waals surface area contributed by atoms with Gasteiger partial charge in [-0.2, -0.15) is 0 Å². The summed E-state index contributed by atoms with van der Waals surface area (Å²) in [7, 11) is 0. The van der Waals surface area contributed by atoms with Gasteiger partial charge >= 0.3 is 0 Å². The van der Waals surface area contributed by atoms with Gasteiger partial charge in [-0.15, -0.1) is 0 Å². The van der Waals surface area contributed by atoms with Crippen molar-refractivity contribution in [2.75, 3.05) is 5.32 Å². The predicted octanol–water partition coefficient (Wildman–Crippen LogP) is 2.87. The zero-order chi connectivity index (χ0) is 18.5. The van der Waals surface area contributed by atoms with Crippen molar-refractivity contribution >= 4 is 11.7 Å². The summed E-state index contributed by atoms with van der Waals surface area (Å²) >= 11 is 0. The number of amides is 1. The molecule has 7 nitrogen and oxygen atoms in total. The molecule has 1 amide bonds. The van der Waals surface area contributed by atoms with Crippen molar-refractivity contribution in [3.05, 3.63) is 59.9 Å². The number of nitrogens with one attached hydrogen (secondary N) is 2. The standard InChI is InChI=1S/C19H21N5O2/c1-12-13(2)22-18(15-6-4-8-20-10-15)24-17(12)23-14(3)19(25)21-11-16-7-5-9-26-16/h4-10,14H,11H2,1-3H3,(H,21,25)(H,22,23,24)/t14-/m1/s1. The molecule has 0 aliphatic carbocycles. The summed E-state index contributed by atoms with van der Waals surface area (Å²) < 4.78 is 5.22. The van der Waals surface area contributed by atoms with Gasteiger partial charge in [-0.1, -0.05) is 0 Å². The third kappa shape index (κ3) is 4.05. The Kier molecular flexibility index (Phi) is 5.26. The molecule has 134 valence electrons. The lowest BCUT2D eigenvalue weighted by molar-refractivity contribution is -0.121. The average Bonchev–Trinajstić information content (AvgIpc) is 3.17. The number of carbonyl (C=O) groups is 1. The van der Waals surface area contributed by atoms with Crippen molar-refractivity contribution in [3.63, 3.8) is 0 Å². The Morgan fingerprint density at radius 3 is 2.77 bits per heavy atom. The molecule has 0 spiro atoms. The Bertz CT molecular complexity index is 878. The first-order valence-corrected chi connectivity index (χ1v) is 8.37. The summed E-state index contributed by atoms with van der Waals surface area (Å²) in [6.45, 7) is 5.99. The lowest BCUT2D eigenvalue weighted by Gasteiger charge is -2.17. The van der Waals surface area contributed by atoms with Crippen LogP contribution in [0.5, 0.6) is 0 Å². The molecule has 3 aromatic heterocycles. The summed E-state index contributed by atoms with van der Waals surface area (Å²) in [4.78, 5) is 25.5. The van der Waals surface area contributed by atoms with E-state index in [2.05, 4.69) is 25.6 Å². The van der Waals surface area contributed by atoms with Crippen LogP contribution >= 0.6 is 0 Å². The minimum atomic E-state index is -0.459. The van der Waals surface area contributed by atoms with E-state index < -0.39 is 6.04 Å². The van der Waals surface area contributed by atoms with Crippen LogP contribution in [0.2, 0.25) is 0 Å². The number of aromatic nitrogens is 3. The highest BCUT2D eigenvalue weighted by molar-refractivity contribution is 5.84. The molecule has 0 saturated carbocycles. The Balaban J connectivity index is 1.73. The molecule has 0 saturated heterocycles. The third-order valence-electron chi connectivity index (χ3n) is 4.07. The van der Waals surface area contributed by atoms with Crippen LogP contribution in [0.4, 0.5) is 5.82 Å². The van der Waals surface area contributed by atoms with Crippen LogP contribution in [0.25, 0.3) is 11.4 Å². The maximum absolute atomic E-state index is 12.3. The van der Waals surface area contributed by atoms with Crippen molar-refractivity contribution in [1.82, 2.24) is 20.3 Å². The van der Waals surface area contributed by atoms with Gasteiger partial charge in [0.2, 0.25) is 5.91 Å². The quantitative estimate of drug-likeness (QED) is 0.709. The fraction of sp³-hybridized carbons (Fsp3) is 0.263. The van der Waals surface area contributed by atoms with E-state index in [0.717, 1.165) is 16.8 Å². The van der Waals surface area contributed by atoms with Gasteiger partial charge in [0.05, 0.1) is 12.8 Å². The molecule has 7 heteroatoms. The van der Waals surface area contributed by atoms with E-state index in [-0.39, 0.29) is 5.91 Å². The number of furan rings is 1. The van der Waals surface area contributed by atoms with Gasteiger partial charge in [-0.25, -0.2) is 9.97 Å². The molecule has 2 N–H and O–H groups in total. The minimum absolute atomic E-state index is 0.139. The van der Waals surface area contributed by atoms with Crippen molar-refractivity contribution < 1.29 is 9.21 Å². The molecule has 0 radical (unpaired) electrons. The molecule has 0 aromatic carbocycles. The fourth-order valence-electron chi connectivity index (χ4n) is 2.40. The van der Waals surface area contributed by atoms with Crippen LogP contribution in [0.3, 0.4) is 0 Å². The van der Waals surface area contributed by atoms with E-state index in [1.54, 1.807) is 31.6 Å². The monoisotopic (exact) mass is 351 g/mol. The third-order valence-corrected chi connectivity index (χ3v) is 4.07. The smallest absolute Gasteiger partial charge is 0.242 e. The van der Waals surface area contributed by atoms with Gasteiger partial charge < -0.3 is 15.1 Å². The second-order valence-electron chi connectivity index (χ2n) is 6.01. The van der Waals surface area contributed by atoms with Gasteiger partial charge in [-0.3, -0.25) is 9.78 Å². The van der Waals surface area contributed by atoms with E-state index >= 15 is 0 Å². The zero-order valence-electron chi connectivity index (χ0n) is 15.0. The molecule has 3 heterocycles. The maximum atomic E-state index is 12.3. The average molecular weight is 351 g/mol. The van der Waals surface area contributed by atoms with Crippen LogP contribution < -0.4 is 10.6 Å². The molecule has 0 aliphatic heterocycles. The van der Waals surface area contributed by atoms with Crippen LogP contribution in [-0.4, -0.2) is 26.9 Å². The molecule has 0 aliphatic rings. The first-order chi connectivity index (χ1) is 12.5. The molecular formula is C19H21N5O2. The summed E-state index contributed by atoms with van der Waals surface area (Å²) in [5.41, 5.74) is 2.58. The maximum Gasteiger partial charge on any atom is 0.242 e. The SMILES string of the molecule is Cc1nc(-c2cccnc2)nc(N[C@H](C)C(=O)NCc2ccco2)c1C. The second kappa shape index (κ2) is 7.77. The van der Waals surface area contributed by atoms with Crippen molar-refractivity contribution in [3.8, 4) is 11.4 Å². The lowest BCUT2D eigenvalue weighted by atomic mass is 10.2. The number of aryl methyl sites for hydroxylation is 1. The van der Waals surface area contributed by atoms with E-state index in [1.807, 2.05) is 32.0 Å². The minimum Gasteiger partial charge on any atom is -0.467 e. The van der Waals surface area contributed by atoms with E-state index in [0.29, 0.717) is 23.9 Å². The predicted molar refractivity (Wildman–Crippen MR) is 98.4 cm³/mol. The van der Waals surface area contributed by atoms with Gasteiger partial charge in [-0.05, 0) is 45.0 Å². The highest BCUT2D eigenvalue weighted by atomic mass is 16.3. The van der Waals surface area contributed by atoms with Crippen LogP contribution in [0.1, 0.15) is 23.9 Å². The summed E-state index contributed by atoms with van der Waals surface area (Å²) in [6, 6.07) is 6.89. The largest absolute Gasteiger partial charge is 0.467 e. The number of rotatable bonds is 6. The molecule has 0 fully saturated rings. The Hall–Kier alpha value is -3.22. The number of carbonyl (C=O) groups excluding carboxylic acids is 1. The second-order valence-corrected chi connectivity index (χ2v) is 6.01. The molecule has 1 atom stereocenters. The first-order valence-electron chi connectivity index (χ1n) is 8.37. The van der Waals surface area contributed by atoms with Gasteiger partial charge in [0.25, 0.3) is 0 Å². The molecular weight excluding hydrogens is 330 g/mol. The van der Waals surface area contributed by atoms with Crippen molar-refractivity contribution in [2.45, 2.75) is 33.4 Å². The number of pyridine rings is 1. The Morgan fingerprint density at radius 1 is 1.23 bits per heavy atom. The normalized spacial score (nSPS) is 11.8. The molecule has 3 rings (SSSR count). The van der Waals surface area contributed by atoms with Gasteiger partial charge in [0, 0.05) is 29.2 Å². The zero-order valence-corrected chi connectivity index (χ0v) is 15.0. The Labute approximate surface area is 151 Å². The number of nitrogens with zero attached hydrogens (tertiary/aromatic N) is 3. The number of hydrogen-bond donors (Lipinski definition) is 2. The van der Waals surface area contributed by atoms with Gasteiger partial charge in [0.15, 0.2) is 5.82 Å². The topological polar surface area (TPSA) is 92.9 Å². The highest BCUT2D eigenvalue weighted by Gasteiger charge is 2.17. The molecule has 0 bridgehead atoms. The van der Waals surface area contributed by atoms with E-state index in [4.69, 9.17) is 4.42 Å². The summed E-state index contributed by atoms with van der Waals surface area (Å²) in [5, 5.41) is 6.01. The number of hydrogen-bond acceptors (Lipinski definition) is 6. The molecule has 3 aromatic rings. The number of anilines is 1. The van der Waals surface area contributed by atoms with Gasteiger partial charge in [0.1, 0.15) is 17.6 Å². The highest BCUT2D eigenvalue weighted by Crippen LogP contribution is 2.21. The fourth-order valence-corrected chi connectivity index (χ4v) is 2.40. The van der Waals surface area contributed by atoms with E-state index in [9.17, 15) is 4.79 Å². The van der Waals surface area contributed by atoms with Crippen LogP contribution in [0.15, 0.2) is 47.3 Å². The lowest BCUT2D eigenvalue weighted by Crippen LogP contribution is -2.37. The van der Waals surface area contributed by atoms with Crippen LogP contribution in [-0.2, 0) is 11.3 Å². The summed E-state index contributed by atoms with van der Waals surface area (Å²) in [6.07, 6.45) is 5.00. The summed E-state index contributed by atoms with van der Waals surface area (Å²) in [5.74, 6) is 1.78.